The van der Waals surface area contributed by atoms with Crippen LogP contribution in [0.5, 0.6) is 0 Å². The van der Waals surface area contributed by atoms with Crippen LogP contribution in [-0.4, -0.2) is 24.9 Å². The molecule has 0 saturated heterocycles. The van der Waals surface area contributed by atoms with Crippen LogP contribution in [0.25, 0.3) is 0 Å². The summed E-state index contributed by atoms with van der Waals surface area (Å²) >= 11 is 0. The van der Waals surface area contributed by atoms with E-state index >= 15 is 0 Å². The summed E-state index contributed by atoms with van der Waals surface area (Å²) in [7, 11) is 0. The molecule has 1 N–H and O–H groups in total. The van der Waals surface area contributed by atoms with Crippen LogP contribution in [0, 0.1) is 6.92 Å². The van der Waals surface area contributed by atoms with Gasteiger partial charge in [0.05, 0.1) is 19.1 Å². The molecule has 1 atom stereocenters. The molecule has 0 spiro atoms. The number of rotatable bonds is 6. The zero-order valence-electron chi connectivity index (χ0n) is 13.1. The van der Waals surface area contributed by atoms with Crippen molar-refractivity contribution < 1.29 is 17.9 Å². The molecule has 0 radical (unpaired) electrons. The van der Waals surface area contributed by atoms with Gasteiger partial charge in [0, 0.05) is 12.1 Å². The third kappa shape index (κ3) is 8.07. The first kappa shape index (κ1) is 18.0. The van der Waals surface area contributed by atoms with Gasteiger partial charge in [-0.15, -0.1) is 0 Å². The second-order valence-electron chi connectivity index (χ2n) is 6.27. The molecule has 0 heterocycles. The van der Waals surface area contributed by atoms with Crippen molar-refractivity contribution in [1.82, 2.24) is 5.32 Å². The smallest absolute Gasteiger partial charge is 0.372 e. The van der Waals surface area contributed by atoms with E-state index in [0.29, 0.717) is 6.54 Å². The standard InChI is InChI=1S/C16H24F3NO/c1-12-6-5-7-13(10-12)14(11-20-15(2,3)4)21-9-8-16(17,18)19/h5-7,10,14,20H,8-9,11H2,1-4H3. The highest BCUT2D eigenvalue weighted by Crippen LogP contribution is 2.23. The fourth-order valence-electron chi connectivity index (χ4n) is 1.86. The molecule has 0 aliphatic heterocycles. The first-order chi connectivity index (χ1) is 9.57. The number of hydrogen-bond acceptors (Lipinski definition) is 2. The van der Waals surface area contributed by atoms with Crippen LogP contribution >= 0.6 is 0 Å². The molecule has 0 amide bonds. The second kappa shape index (κ2) is 7.27. The molecule has 120 valence electrons. The lowest BCUT2D eigenvalue weighted by molar-refractivity contribution is -0.149. The normalized spacial score (nSPS) is 14.2. The van der Waals surface area contributed by atoms with Gasteiger partial charge in [0.15, 0.2) is 0 Å². The molecule has 0 fully saturated rings. The van der Waals surface area contributed by atoms with E-state index in [1.54, 1.807) is 0 Å². The van der Waals surface area contributed by atoms with Gasteiger partial charge < -0.3 is 10.1 Å². The van der Waals surface area contributed by atoms with E-state index in [2.05, 4.69) is 5.32 Å². The monoisotopic (exact) mass is 303 g/mol. The SMILES string of the molecule is Cc1cccc(C(CNC(C)(C)C)OCCC(F)(F)F)c1. The fraction of sp³-hybridized carbons (Fsp3) is 0.625. The van der Waals surface area contributed by atoms with E-state index < -0.39 is 12.6 Å². The molecular formula is C16H24F3NO. The molecule has 0 aliphatic carbocycles. The molecule has 5 heteroatoms. The Balaban J connectivity index is 2.70. The number of nitrogens with one attached hydrogen (secondary N) is 1. The predicted octanol–water partition coefficient (Wildman–Crippen LogP) is 4.39. The molecule has 1 unspecified atom stereocenters. The van der Waals surface area contributed by atoms with Crippen LogP contribution in [0.15, 0.2) is 24.3 Å². The van der Waals surface area contributed by atoms with E-state index in [9.17, 15) is 13.2 Å². The Morgan fingerprint density at radius 3 is 2.38 bits per heavy atom. The van der Waals surface area contributed by atoms with Gasteiger partial charge in [0.2, 0.25) is 0 Å². The molecular weight excluding hydrogens is 279 g/mol. The Morgan fingerprint density at radius 2 is 1.86 bits per heavy atom. The number of hydrogen-bond donors (Lipinski definition) is 1. The Bertz CT molecular complexity index is 438. The summed E-state index contributed by atoms with van der Waals surface area (Å²) < 4.78 is 42.2. The number of halogens is 3. The number of benzene rings is 1. The van der Waals surface area contributed by atoms with Crippen molar-refractivity contribution in [3.8, 4) is 0 Å². The zero-order valence-corrected chi connectivity index (χ0v) is 13.1. The maximum Gasteiger partial charge on any atom is 0.391 e. The topological polar surface area (TPSA) is 21.3 Å². The minimum atomic E-state index is -4.19. The van der Waals surface area contributed by atoms with Gasteiger partial charge in [-0.1, -0.05) is 29.8 Å². The minimum absolute atomic E-state index is 0.116. The van der Waals surface area contributed by atoms with Gasteiger partial charge in [-0.2, -0.15) is 13.2 Å². The molecule has 1 aromatic rings. The third-order valence-corrected chi connectivity index (χ3v) is 2.94. The number of ether oxygens (including phenoxy) is 1. The average molecular weight is 303 g/mol. The molecule has 0 bridgehead atoms. The van der Waals surface area contributed by atoms with Crippen LogP contribution in [0.1, 0.15) is 44.4 Å². The van der Waals surface area contributed by atoms with E-state index in [1.165, 1.54) is 0 Å². The van der Waals surface area contributed by atoms with E-state index in [1.807, 2.05) is 52.0 Å². The first-order valence-corrected chi connectivity index (χ1v) is 7.07. The summed E-state index contributed by atoms with van der Waals surface area (Å²) in [6, 6.07) is 7.67. The van der Waals surface area contributed by atoms with Crippen molar-refractivity contribution >= 4 is 0 Å². The molecule has 21 heavy (non-hydrogen) atoms. The highest BCUT2D eigenvalue weighted by Gasteiger charge is 2.27. The predicted molar refractivity (Wildman–Crippen MR) is 78.3 cm³/mol. The van der Waals surface area contributed by atoms with Crippen molar-refractivity contribution in [2.24, 2.45) is 0 Å². The van der Waals surface area contributed by atoms with E-state index in [4.69, 9.17) is 4.74 Å². The van der Waals surface area contributed by atoms with Gasteiger partial charge in [0.25, 0.3) is 0 Å². The lowest BCUT2D eigenvalue weighted by Crippen LogP contribution is -2.39. The van der Waals surface area contributed by atoms with Crippen molar-refractivity contribution in [1.29, 1.82) is 0 Å². The lowest BCUT2D eigenvalue weighted by Gasteiger charge is -2.26. The van der Waals surface area contributed by atoms with Gasteiger partial charge in [0.1, 0.15) is 0 Å². The zero-order chi connectivity index (χ0) is 16.1. The average Bonchev–Trinajstić information content (AvgIpc) is 2.30. The van der Waals surface area contributed by atoms with Crippen molar-refractivity contribution in [3.63, 3.8) is 0 Å². The van der Waals surface area contributed by atoms with Crippen LogP contribution in [0.2, 0.25) is 0 Å². The largest absolute Gasteiger partial charge is 0.391 e. The lowest BCUT2D eigenvalue weighted by atomic mass is 10.0. The molecule has 0 saturated carbocycles. The Kier molecular flexibility index (Phi) is 6.23. The minimum Gasteiger partial charge on any atom is -0.372 e. The van der Waals surface area contributed by atoms with Gasteiger partial charge >= 0.3 is 6.18 Å². The van der Waals surface area contributed by atoms with Gasteiger partial charge in [-0.25, -0.2) is 0 Å². The maximum absolute atomic E-state index is 12.3. The highest BCUT2D eigenvalue weighted by molar-refractivity contribution is 5.24. The molecule has 1 aromatic carbocycles. The molecule has 1 rings (SSSR count). The third-order valence-electron chi connectivity index (χ3n) is 2.94. The van der Waals surface area contributed by atoms with Crippen LogP contribution in [-0.2, 0) is 4.74 Å². The van der Waals surface area contributed by atoms with Gasteiger partial charge in [-0.05, 0) is 33.3 Å². The Morgan fingerprint density at radius 1 is 1.19 bits per heavy atom. The second-order valence-corrected chi connectivity index (χ2v) is 6.27. The highest BCUT2D eigenvalue weighted by atomic mass is 19.4. The van der Waals surface area contributed by atoms with Crippen molar-refractivity contribution in [3.05, 3.63) is 35.4 Å². The molecule has 2 nitrogen and oxygen atoms in total. The number of alkyl halides is 3. The van der Waals surface area contributed by atoms with Crippen molar-refractivity contribution in [2.45, 2.75) is 51.9 Å². The Labute approximate surface area is 124 Å². The quantitative estimate of drug-likeness (QED) is 0.841. The summed E-state index contributed by atoms with van der Waals surface area (Å²) in [4.78, 5) is 0. The fourth-order valence-corrected chi connectivity index (χ4v) is 1.86. The first-order valence-electron chi connectivity index (χ1n) is 7.07. The van der Waals surface area contributed by atoms with Crippen LogP contribution < -0.4 is 5.32 Å². The van der Waals surface area contributed by atoms with Crippen molar-refractivity contribution in [2.75, 3.05) is 13.2 Å². The summed E-state index contributed by atoms with van der Waals surface area (Å²) in [5, 5.41) is 3.28. The summed E-state index contributed by atoms with van der Waals surface area (Å²) in [5.74, 6) is 0. The van der Waals surface area contributed by atoms with Crippen LogP contribution in [0.3, 0.4) is 0 Å². The molecule has 0 aliphatic rings. The molecule has 0 aromatic heterocycles. The van der Waals surface area contributed by atoms with E-state index in [-0.39, 0.29) is 18.2 Å². The maximum atomic E-state index is 12.3. The summed E-state index contributed by atoms with van der Waals surface area (Å²) in [5.41, 5.74) is 1.84. The Hall–Kier alpha value is -1.07. The summed E-state index contributed by atoms with van der Waals surface area (Å²) in [6.07, 6.45) is -5.49. The van der Waals surface area contributed by atoms with Crippen LogP contribution in [0.4, 0.5) is 13.2 Å². The summed E-state index contributed by atoms with van der Waals surface area (Å²) in [6.45, 7) is 8.13. The number of aryl methyl sites for hydroxylation is 1. The van der Waals surface area contributed by atoms with Gasteiger partial charge in [-0.3, -0.25) is 0 Å². The van der Waals surface area contributed by atoms with E-state index in [0.717, 1.165) is 11.1 Å².